The Labute approximate surface area is 48.4 Å². The van der Waals surface area contributed by atoms with E-state index in [1.807, 2.05) is 6.92 Å². The highest BCUT2D eigenvalue weighted by molar-refractivity contribution is 4.31. The molecule has 0 aromatic heterocycles. The Bertz CT molecular complexity index is 29.2. The highest BCUT2D eigenvalue weighted by Crippen LogP contribution is 1.88. The number of rotatable bonds is 2. The average molecular weight is 126 g/mol. The van der Waals surface area contributed by atoms with Gasteiger partial charge in [-0.15, -0.1) is 0 Å². The van der Waals surface area contributed by atoms with Crippen LogP contribution in [0.15, 0.2) is 0 Å². The zero-order chi connectivity index (χ0) is 4.99. The molecule has 0 amide bonds. The molecule has 0 saturated carbocycles. The molecule has 0 spiro atoms. The van der Waals surface area contributed by atoms with E-state index in [-0.39, 0.29) is 11.0 Å². The van der Waals surface area contributed by atoms with Crippen molar-refractivity contribution in [3.05, 3.63) is 0 Å². The maximum Gasteiger partial charge on any atom is 0.151 e. The van der Waals surface area contributed by atoms with Gasteiger partial charge in [-0.3, -0.25) is 0 Å². The van der Waals surface area contributed by atoms with Gasteiger partial charge in [-0.1, -0.05) is 13.3 Å². The first kappa shape index (κ1) is 15.7. The third-order valence-electron chi connectivity index (χ3n) is 0.547. The molecule has 0 radical (unpaired) electrons. The summed E-state index contributed by atoms with van der Waals surface area (Å²) in [5, 5.41) is 16.2. The lowest BCUT2D eigenvalue weighted by molar-refractivity contribution is -0.0453. The Hall–Kier alpha value is -0.160. The standard InChI is InChI=1S/C4H10O2.2H2O/c1-2-3-4(5)6;;/h4-6H,2-3H2,1H3;2*1H2. The predicted octanol–water partition coefficient (Wildman–Crippen LogP) is -1.55. The van der Waals surface area contributed by atoms with Gasteiger partial charge in [0.25, 0.3) is 0 Å². The first-order chi connectivity index (χ1) is 2.77. The van der Waals surface area contributed by atoms with Gasteiger partial charge in [-0.25, -0.2) is 0 Å². The lowest BCUT2D eigenvalue weighted by atomic mass is 10.3. The van der Waals surface area contributed by atoms with Gasteiger partial charge in [-0.05, 0) is 6.42 Å². The number of aliphatic hydroxyl groups is 2. The van der Waals surface area contributed by atoms with Gasteiger partial charge in [0.1, 0.15) is 0 Å². The molecule has 0 aliphatic carbocycles. The third-order valence-corrected chi connectivity index (χ3v) is 0.547. The molecule has 0 saturated heterocycles. The monoisotopic (exact) mass is 126 g/mol. The third kappa shape index (κ3) is 17.0. The van der Waals surface area contributed by atoms with Crippen LogP contribution in [0.3, 0.4) is 0 Å². The summed E-state index contributed by atoms with van der Waals surface area (Å²) in [6.45, 7) is 1.90. The molecule has 6 N–H and O–H groups in total. The summed E-state index contributed by atoms with van der Waals surface area (Å²) in [5.74, 6) is 0. The van der Waals surface area contributed by atoms with Crippen LogP contribution in [0.1, 0.15) is 19.8 Å². The highest BCUT2D eigenvalue weighted by atomic mass is 16.5. The molecule has 0 aromatic carbocycles. The summed E-state index contributed by atoms with van der Waals surface area (Å²) in [6, 6.07) is 0. The van der Waals surface area contributed by atoms with Crippen LogP contribution in [0.25, 0.3) is 0 Å². The predicted molar refractivity (Wildman–Crippen MR) is 30.4 cm³/mol. The second kappa shape index (κ2) is 9.96. The maximum atomic E-state index is 8.11. The molecular weight excluding hydrogens is 112 g/mol. The van der Waals surface area contributed by atoms with Crippen molar-refractivity contribution in [3.63, 3.8) is 0 Å². The van der Waals surface area contributed by atoms with E-state index >= 15 is 0 Å². The Balaban J connectivity index is -0.000000125. The van der Waals surface area contributed by atoms with Crippen LogP contribution >= 0.6 is 0 Å². The van der Waals surface area contributed by atoms with Crippen molar-refractivity contribution < 1.29 is 21.2 Å². The topological polar surface area (TPSA) is 103 Å². The largest absolute Gasteiger partial charge is 0.412 e. The van der Waals surface area contributed by atoms with Gasteiger partial charge < -0.3 is 21.2 Å². The van der Waals surface area contributed by atoms with E-state index in [0.717, 1.165) is 6.42 Å². The highest BCUT2D eigenvalue weighted by Gasteiger charge is 1.89. The second-order valence-corrected chi connectivity index (χ2v) is 1.27. The van der Waals surface area contributed by atoms with E-state index in [0.29, 0.717) is 6.42 Å². The van der Waals surface area contributed by atoms with Crippen LogP contribution in [-0.4, -0.2) is 27.5 Å². The number of hydrogen-bond donors (Lipinski definition) is 2. The van der Waals surface area contributed by atoms with Crippen LogP contribution in [0.5, 0.6) is 0 Å². The first-order valence-corrected chi connectivity index (χ1v) is 2.13. The van der Waals surface area contributed by atoms with Gasteiger partial charge in [0.2, 0.25) is 0 Å². The summed E-state index contributed by atoms with van der Waals surface area (Å²) in [5.41, 5.74) is 0. The van der Waals surface area contributed by atoms with Crippen LogP contribution in [-0.2, 0) is 0 Å². The number of hydrogen-bond acceptors (Lipinski definition) is 2. The minimum atomic E-state index is -1.10. The first-order valence-electron chi connectivity index (χ1n) is 2.13. The Morgan fingerprint density at radius 1 is 1.25 bits per heavy atom. The normalized spacial score (nSPS) is 7.50. The fraction of sp³-hybridized carbons (Fsp3) is 1.00. The molecule has 0 aliphatic rings. The average Bonchev–Trinajstić information content (AvgIpc) is 1.35. The molecule has 0 aromatic rings. The summed E-state index contributed by atoms with van der Waals surface area (Å²) < 4.78 is 0. The molecule has 54 valence electrons. The zero-order valence-electron chi connectivity index (χ0n) is 4.89. The quantitative estimate of drug-likeness (QED) is 0.437. The van der Waals surface area contributed by atoms with Gasteiger partial charge in [0, 0.05) is 0 Å². The lowest BCUT2D eigenvalue weighted by Crippen LogP contribution is -2.01. The minimum Gasteiger partial charge on any atom is -0.412 e. The van der Waals surface area contributed by atoms with Gasteiger partial charge >= 0.3 is 0 Å². The van der Waals surface area contributed by atoms with Crippen molar-refractivity contribution in [3.8, 4) is 0 Å². The van der Waals surface area contributed by atoms with Crippen molar-refractivity contribution in [2.75, 3.05) is 0 Å². The molecule has 0 bridgehead atoms. The second-order valence-electron chi connectivity index (χ2n) is 1.27. The summed E-state index contributed by atoms with van der Waals surface area (Å²) in [7, 11) is 0. The molecule has 0 heterocycles. The van der Waals surface area contributed by atoms with Crippen LogP contribution < -0.4 is 0 Å². The van der Waals surface area contributed by atoms with Crippen molar-refractivity contribution in [2.45, 2.75) is 26.1 Å². The van der Waals surface area contributed by atoms with Crippen molar-refractivity contribution in [1.82, 2.24) is 0 Å². The van der Waals surface area contributed by atoms with Gasteiger partial charge in [-0.2, -0.15) is 0 Å². The zero-order valence-corrected chi connectivity index (χ0v) is 4.89. The summed E-state index contributed by atoms with van der Waals surface area (Å²) in [6.07, 6.45) is 0.215. The molecule has 0 fully saturated rings. The molecule has 0 atom stereocenters. The van der Waals surface area contributed by atoms with Gasteiger partial charge in [0.15, 0.2) is 6.29 Å². The van der Waals surface area contributed by atoms with Crippen molar-refractivity contribution >= 4 is 0 Å². The molecule has 4 nitrogen and oxygen atoms in total. The molecule has 0 unspecified atom stereocenters. The van der Waals surface area contributed by atoms with E-state index in [4.69, 9.17) is 10.2 Å². The number of aliphatic hydroxyl groups excluding tert-OH is 1. The van der Waals surface area contributed by atoms with E-state index in [2.05, 4.69) is 0 Å². The van der Waals surface area contributed by atoms with Crippen LogP contribution in [0, 0.1) is 0 Å². The Kier molecular flexibility index (Phi) is 19.5. The smallest absolute Gasteiger partial charge is 0.151 e. The van der Waals surface area contributed by atoms with E-state index in [1.165, 1.54) is 0 Å². The molecule has 8 heavy (non-hydrogen) atoms. The molecular formula is C4H14O4. The minimum absolute atomic E-state index is 0. The Morgan fingerprint density at radius 3 is 1.62 bits per heavy atom. The SMILES string of the molecule is CCCC(O)O.O.O. The van der Waals surface area contributed by atoms with Gasteiger partial charge in [0.05, 0.1) is 0 Å². The molecule has 0 rings (SSSR count). The van der Waals surface area contributed by atoms with Crippen molar-refractivity contribution in [1.29, 1.82) is 0 Å². The van der Waals surface area contributed by atoms with E-state index in [9.17, 15) is 0 Å². The van der Waals surface area contributed by atoms with Crippen molar-refractivity contribution in [2.24, 2.45) is 0 Å². The lowest BCUT2D eigenvalue weighted by Gasteiger charge is -1.94. The van der Waals surface area contributed by atoms with Crippen LogP contribution in [0.2, 0.25) is 0 Å². The summed E-state index contributed by atoms with van der Waals surface area (Å²) >= 11 is 0. The fourth-order valence-corrected chi connectivity index (χ4v) is 0.258. The molecule has 0 aliphatic heterocycles. The van der Waals surface area contributed by atoms with E-state index in [1.54, 1.807) is 0 Å². The fourth-order valence-electron chi connectivity index (χ4n) is 0.258. The Morgan fingerprint density at radius 2 is 1.62 bits per heavy atom. The van der Waals surface area contributed by atoms with E-state index < -0.39 is 6.29 Å². The summed E-state index contributed by atoms with van der Waals surface area (Å²) in [4.78, 5) is 0. The molecule has 4 heteroatoms. The maximum absolute atomic E-state index is 8.11. The van der Waals surface area contributed by atoms with Crippen LogP contribution in [0.4, 0.5) is 0 Å².